The lowest BCUT2D eigenvalue weighted by molar-refractivity contribution is 0.278. The molecule has 0 saturated carbocycles. The summed E-state index contributed by atoms with van der Waals surface area (Å²) in [6.45, 7) is 1.27. The first kappa shape index (κ1) is 8.27. The standard InChI is InChI=1S/C5H13NOS/c1-6(8-2)4-3-5-7/h7H,3-5H2,1-2H3. The van der Waals surface area contributed by atoms with Gasteiger partial charge in [-0.1, -0.05) is 11.9 Å². The Bertz CT molecular complexity index is 51.7. The minimum Gasteiger partial charge on any atom is -0.396 e. The molecule has 0 saturated heterocycles. The molecule has 0 aliphatic rings. The van der Waals surface area contributed by atoms with Gasteiger partial charge in [0.1, 0.15) is 0 Å². The van der Waals surface area contributed by atoms with E-state index in [2.05, 4.69) is 4.31 Å². The molecule has 8 heavy (non-hydrogen) atoms. The Kier molecular flexibility index (Phi) is 5.59. The van der Waals surface area contributed by atoms with E-state index in [1.165, 1.54) is 0 Å². The van der Waals surface area contributed by atoms with Gasteiger partial charge in [-0.25, -0.2) is 0 Å². The molecule has 1 N–H and O–H groups in total. The van der Waals surface area contributed by atoms with Gasteiger partial charge in [-0.05, 0) is 19.7 Å². The molecule has 0 amide bonds. The van der Waals surface area contributed by atoms with Gasteiger partial charge in [0, 0.05) is 13.2 Å². The second-order valence-electron chi connectivity index (χ2n) is 1.61. The minimum atomic E-state index is 0.297. The highest BCUT2D eigenvalue weighted by atomic mass is 32.2. The highest BCUT2D eigenvalue weighted by Crippen LogP contribution is 1.99. The number of hydrogen-bond acceptors (Lipinski definition) is 3. The molecule has 0 heterocycles. The predicted octanol–water partition coefficient (Wildman–Crippen LogP) is 0.579. The summed E-state index contributed by atoms with van der Waals surface area (Å²) in [6, 6.07) is 0. The van der Waals surface area contributed by atoms with Crippen LogP contribution in [0, 0.1) is 0 Å². The summed E-state index contributed by atoms with van der Waals surface area (Å²) in [6.07, 6.45) is 2.90. The van der Waals surface area contributed by atoms with Crippen molar-refractivity contribution < 1.29 is 5.11 Å². The summed E-state index contributed by atoms with van der Waals surface area (Å²) in [5, 5.41) is 8.37. The number of aliphatic hydroxyl groups is 1. The average molecular weight is 135 g/mol. The van der Waals surface area contributed by atoms with Crippen molar-refractivity contribution in [2.75, 3.05) is 26.5 Å². The van der Waals surface area contributed by atoms with Crippen LogP contribution >= 0.6 is 11.9 Å². The van der Waals surface area contributed by atoms with E-state index in [-0.39, 0.29) is 0 Å². The Morgan fingerprint density at radius 2 is 2.25 bits per heavy atom. The van der Waals surface area contributed by atoms with Crippen LogP contribution in [0.15, 0.2) is 0 Å². The monoisotopic (exact) mass is 135 g/mol. The lowest BCUT2D eigenvalue weighted by atomic mass is 10.5. The summed E-state index contributed by atoms with van der Waals surface area (Å²) < 4.78 is 2.09. The van der Waals surface area contributed by atoms with Crippen LogP contribution in [0.5, 0.6) is 0 Å². The van der Waals surface area contributed by atoms with Crippen LogP contribution in [0.1, 0.15) is 6.42 Å². The maximum absolute atomic E-state index is 8.37. The van der Waals surface area contributed by atoms with E-state index in [9.17, 15) is 0 Å². The minimum absolute atomic E-state index is 0.297. The van der Waals surface area contributed by atoms with Gasteiger partial charge in [-0.3, -0.25) is 4.31 Å². The van der Waals surface area contributed by atoms with E-state index in [0.29, 0.717) is 6.61 Å². The molecule has 50 valence electrons. The van der Waals surface area contributed by atoms with Crippen LogP contribution < -0.4 is 0 Å². The maximum Gasteiger partial charge on any atom is 0.0443 e. The molecule has 0 fully saturated rings. The fourth-order valence-electron chi connectivity index (χ4n) is 0.385. The summed E-state index contributed by atoms with van der Waals surface area (Å²) in [4.78, 5) is 0. The Balaban J connectivity index is 2.86. The highest BCUT2D eigenvalue weighted by molar-refractivity contribution is 7.96. The molecule has 3 heteroatoms. The number of aliphatic hydroxyl groups excluding tert-OH is 1. The van der Waals surface area contributed by atoms with Gasteiger partial charge in [-0.15, -0.1) is 0 Å². The molecule has 0 aliphatic heterocycles. The molecule has 0 aliphatic carbocycles. The van der Waals surface area contributed by atoms with E-state index in [0.717, 1.165) is 13.0 Å². The van der Waals surface area contributed by atoms with Gasteiger partial charge in [0.15, 0.2) is 0 Å². The van der Waals surface area contributed by atoms with Crippen molar-refractivity contribution in [3.63, 3.8) is 0 Å². The van der Waals surface area contributed by atoms with E-state index in [4.69, 9.17) is 5.11 Å². The lowest BCUT2D eigenvalue weighted by Crippen LogP contribution is -2.10. The topological polar surface area (TPSA) is 23.5 Å². The summed E-state index contributed by atoms with van der Waals surface area (Å²) in [7, 11) is 2.01. The van der Waals surface area contributed by atoms with Crippen molar-refractivity contribution in [3.05, 3.63) is 0 Å². The molecule has 0 rings (SSSR count). The van der Waals surface area contributed by atoms with Crippen molar-refractivity contribution in [2.24, 2.45) is 0 Å². The molecule has 2 nitrogen and oxygen atoms in total. The van der Waals surface area contributed by atoms with E-state index in [1.807, 2.05) is 13.3 Å². The summed E-state index contributed by atoms with van der Waals surface area (Å²) in [5.74, 6) is 0. The Morgan fingerprint density at radius 1 is 1.62 bits per heavy atom. The number of nitrogens with zero attached hydrogens (tertiary/aromatic N) is 1. The third-order valence-corrected chi connectivity index (χ3v) is 1.75. The van der Waals surface area contributed by atoms with Crippen LogP contribution in [0.3, 0.4) is 0 Å². The number of hydrogen-bond donors (Lipinski definition) is 1. The van der Waals surface area contributed by atoms with E-state index < -0.39 is 0 Å². The molecular weight excluding hydrogens is 122 g/mol. The Hall–Kier alpha value is 0.270. The molecular formula is C5H13NOS. The second-order valence-corrected chi connectivity index (χ2v) is 2.60. The molecule has 0 atom stereocenters. The normalized spacial score (nSPS) is 10.5. The van der Waals surface area contributed by atoms with Crippen molar-refractivity contribution in [2.45, 2.75) is 6.42 Å². The zero-order valence-corrected chi connectivity index (χ0v) is 6.24. The zero-order chi connectivity index (χ0) is 6.41. The SMILES string of the molecule is CSN(C)CCCO. The van der Waals surface area contributed by atoms with Gasteiger partial charge in [0.25, 0.3) is 0 Å². The zero-order valence-electron chi connectivity index (χ0n) is 5.42. The van der Waals surface area contributed by atoms with Gasteiger partial charge < -0.3 is 5.11 Å². The van der Waals surface area contributed by atoms with Gasteiger partial charge in [0.2, 0.25) is 0 Å². The Labute approximate surface area is 55.0 Å². The van der Waals surface area contributed by atoms with Crippen LogP contribution in [0.4, 0.5) is 0 Å². The first-order valence-corrected chi connectivity index (χ1v) is 3.85. The fourth-order valence-corrected chi connectivity index (χ4v) is 0.696. The van der Waals surface area contributed by atoms with Crippen molar-refractivity contribution in [1.29, 1.82) is 0 Å². The smallest absolute Gasteiger partial charge is 0.0443 e. The molecule has 0 spiro atoms. The van der Waals surface area contributed by atoms with E-state index in [1.54, 1.807) is 11.9 Å². The lowest BCUT2D eigenvalue weighted by Gasteiger charge is -2.09. The third kappa shape index (κ3) is 4.43. The molecule has 0 unspecified atom stereocenters. The van der Waals surface area contributed by atoms with Crippen molar-refractivity contribution in [3.8, 4) is 0 Å². The quantitative estimate of drug-likeness (QED) is 0.570. The molecule has 0 aromatic rings. The molecule has 0 aromatic carbocycles. The van der Waals surface area contributed by atoms with Crippen molar-refractivity contribution in [1.82, 2.24) is 4.31 Å². The van der Waals surface area contributed by atoms with Gasteiger partial charge >= 0.3 is 0 Å². The van der Waals surface area contributed by atoms with Crippen LogP contribution in [-0.4, -0.2) is 35.9 Å². The Morgan fingerprint density at radius 3 is 2.62 bits per heavy atom. The van der Waals surface area contributed by atoms with Crippen LogP contribution in [0.25, 0.3) is 0 Å². The van der Waals surface area contributed by atoms with Crippen molar-refractivity contribution >= 4 is 11.9 Å². The maximum atomic E-state index is 8.37. The predicted molar refractivity (Wildman–Crippen MR) is 37.8 cm³/mol. The van der Waals surface area contributed by atoms with Gasteiger partial charge in [0.05, 0.1) is 0 Å². The fraction of sp³-hybridized carbons (Fsp3) is 1.00. The van der Waals surface area contributed by atoms with E-state index >= 15 is 0 Å². The molecule has 0 bridgehead atoms. The number of rotatable bonds is 4. The first-order chi connectivity index (χ1) is 3.81. The molecule has 0 aromatic heterocycles. The largest absolute Gasteiger partial charge is 0.396 e. The van der Waals surface area contributed by atoms with Gasteiger partial charge in [-0.2, -0.15) is 0 Å². The average Bonchev–Trinajstić information content (AvgIpc) is 1.83. The summed E-state index contributed by atoms with van der Waals surface area (Å²) >= 11 is 1.69. The summed E-state index contributed by atoms with van der Waals surface area (Å²) in [5.41, 5.74) is 0. The third-order valence-electron chi connectivity index (χ3n) is 0.943. The van der Waals surface area contributed by atoms with Crippen LogP contribution in [-0.2, 0) is 0 Å². The molecule has 0 radical (unpaired) electrons. The van der Waals surface area contributed by atoms with Crippen LogP contribution in [0.2, 0.25) is 0 Å². The second kappa shape index (κ2) is 5.41. The first-order valence-electron chi connectivity index (χ1n) is 2.67. The highest BCUT2D eigenvalue weighted by Gasteiger charge is 1.90.